The highest BCUT2D eigenvalue weighted by Gasteiger charge is 2.29. The molecule has 0 aliphatic carbocycles. The SMILES string of the molecule is COC(=O)c1ccc(-c2ccc(C(CC(N)=O)c3c(O)c(C(=O)OC)c[nH]c3=O)o2)cc1. The molecule has 4 N–H and O–H groups in total. The Balaban J connectivity index is 2.05. The lowest BCUT2D eigenvalue weighted by Gasteiger charge is -2.15. The first-order valence-electron chi connectivity index (χ1n) is 9.36. The summed E-state index contributed by atoms with van der Waals surface area (Å²) in [5.41, 5.74) is 5.07. The molecule has 0 spiro atoms. The highest BCUT2D eigenvalue weighted by Crippen LogP contribution is 2.36. The minimum Gasteiger partial charge on any atom is -0.506 e. The van der Waals surface area contributed by atoms with Crippen molar-refractivity contribution in [3.05, 3.63) is 75.4 Å². The molecule has 2 heterocycles. The molecular weight excluding hydrogens is 420 g/mol. The van der Waals surface area contributed by atoms with Gasteiger partial charge in [0.05, 0.1) is 31.3 Å². The number of hydrogen-bond acceptors (Lipinski definition) is 8. The smallest absolute Gasteiger partial charge is 0.343 e. The van der Waals surface area contributed by atoms with Crippen LogP contribution in [0.1, 0.15) is 44.4 Å². The van der Waals surface area contributed by atoms with Gasteiger partial charge in [-0.2, -0.15) is 0 Å². The largest absolute Gasteiger partial charge is 0.506 e. The fourth-order valence-corrected chi connectivity index (χ4v) is 3.26. The summed E-state index contributed by atoms with van der Waals surface area (Å²) < 4.78 is 15.1. The second-order valence-electron chi connectivity index (χ2n) is 6.78. The molecule has 0 saturated carbocycles. The molecule has 0 aliphatic rings. The molecule has 0 bridgehead atoms. The van der Waals surface area contributed by atoms with E-state index >= 15 is 0 Å². The number of furan rings is 1. The number of ether oxygens (including phenoxy) is 2. The summed E-state index contributed by atoms with van der Waals surface area (Å²) in [4.78, 5) is 50.1. The maximum Gasteiger partial charge on any atom is 0.343 e. The van der Waals surface area contributed by atoms with Crippen molar-refractivity contribution in [3.8, 4) is 17.1 Å². The van der Waals surface area contributed by atoms with Crippen LogP contribution in [-0.4, -0.2) is 42.2 Å². The third kappa shape index (κ3) is 4.38. The molecule has 32 heavy (non-hydrogen) atoms. The maximum absolute atomic E-state index is 12.5. The molecule has 10 heteroatoms. The third-order valence-corrected chi connectivity index (χ3v) is 4.82. The zero-order chi connectivity index (χ0) is 23.4. The molecule has 2 aromatic heterocycles. The van der Waals surface area contributed by atoms with Crippen LogP contribution in [0.5, 0.6) is 5.75 Å². The molecule has 0 fully saturated rings. The van der Waals surface area contributed by atoms with Crippen molar-refractivity contribution in [2.75, 3.05) is 14.2 Å². The highest BCUT2D eigenvalue weighted by atomic mass is 16.5. The zero-order valence-corrected chi connectivity index (χ0v) is 17.2. The van der Waals surface area contributed by atoms with E-state index in [9.17, 15) is 24.3 Å². The Morgan fingerprint density at radius 1 is 1.06 bits per heavy atom. The molecule has 0 saturated heterocycles. The second kappa shape index (κ2) is 9.21. The summed E-state index contributed by atoms with van der Waals surface area (Å²) in [5.74, 6) is -3.26. The van der Waals surface area contributed by atoms with Gasteiger partial charge in [-0.1, -0.05) is 12.1 Å². The highest BCUT2D eigenvalue weighted by molar-refractivity contribution is 5.92. The summed E-state index contributed by atoms with van der Waals surface area (Å²) in [7, 11) is 2.40. The van der Waals surface area contributed by atoms with E-state index in [1.54, 1.807) is 30.3 Å². The molecule has 1 unspecified atom stereocenters. The van der Waals surface area contributed by atoms with E-state index < -0.39 is 35.1 Å². The van der Waals surface area contributed by atoms with E-state index in [1.165, 1.54) is 13.2 Å². The normalized spacial score (nSPS) is 11.6. The average molecular weight is 440 g/mol. The van der Waals surface area contributed by atoms with Crippen molar-refractivity contribution < 1.29 is 33.4 Å². The Kier molecular flexibility index (Phi) is 6.43. The van der Waals surface area contributed by atoms with Crippen molar-refractivity contribution in [3.63, 3.8) is 0 Å². The Hall–Kier alpha value is -4.34. The van der Waals surface area contributed by atoms with Gasteiger partial charge in [0.2, 0.25) is 5.91 Å². The van der Waals surface area contributed by atoms with Crippen LogP contribution in [-0.2, 0) is 14.3 Å². The fraction of sp³-hybridized carbons (Fsp3) is 0.182. The van der Waals surface area contributed by atoms with Gasteiger partial charge in [-0.3, -0.25) is 9.59 Å². The zero-order valence-electron chi connectivity index (χ0n) is 17.2. The van der Waals surface area contributed by atoms with Crippen LogP contribution < -0.4 is 11.3 Å². The standard InChI is InChI=1S/C22H20N2O8/c1-30-21(28)12-5-3-11(4-6-12)15-7-8-16(32-15)13(9-17(23)25)18-19(26)14(22(29)31-2)10-24-20(18)27/h3-8,10,13H,9H2,1-2H3,(H2,23,25)(H2,24,26,27). The number of esters is 2. The molecule has 1 amide bonds. The van der Waals surface area contributed by atoms with Gasteiger partial charge in [0.25, 0.3) is 5.56 Å². The summed E-state index contributed by atoms with van der Waals surface area (Å²) in [6, 6.07) is 9.52. The number of nitrogens with two attached hydrogens (primary N) is 1. The number of pyridine rings is 1. The number of aromatic nitrogens is 1. The predicted molar refractivity (Wildman–Crippen MR) is 111 cm³/mol. The number of aromatic amines is 1. The Bertz CT molecular complexity index is 1220. The van der Waals surface area contributed by atoms with Crippen LogP contribution in [0.2, 0.25) is 0 Å². The second-order valence-corrected chi connectivity index (χ2v) is 6.78. The Labute approximate surface area is 181 Å². The van der Waals surface area contributed by atoms with Gasteiger partial charge in [-0.25, -0.2) is 9.59 Å². The number of methoxy groups -OCH3 is 2. The summed E-state index contributed by atoms with van der Waals surface area (Å²) in [6.07, 6.45) is 0.653. The quantitative estimate of drug-likeness (QED) is 0.469. The number of hydrogen-bond donors (Lipinski definition) is 3. The fourth-order valence-electron chi connectivity index (χ4n) is 3.26. The molecule has 10 nitrogen and oxygen atoms in total. The number of aromatic hydroxyl groups is 1. The van der Waals surface area contributed by atoms with Crippen molar-refractivity contribution in [1.29, 1.82) is 0 Å². The van der Waals surface area contributed by atoms with E-state index in [4.69, 9.17) is 10.2 Å². The summed E-state index contributed by atoms with van der Waals surface area (Å²) in [6.45, 7) is 0. The van der Waals surface area contributed by atoms with Crippen LogP contribution in [0.4, 0.5) is 0 Å². The molecular formula is C22H20N2O8. The number of benzene rings is 1. The Morgan fingerprint density at radius 3 is 2.31 bits per heavy atom. The molecule has 1 aromatic carbocycles. The monoisotopic (exact) mass is 440 g/mol. The van der Waals surface area contributed by atoms with Gasteiger partial charge in [-0.05, 0) is 24.3 Å². The van der Waals surface area contributed by atoms with Crippen molar-refractivity contribution >= 4 is 17.8 Å². The molecule has 166 valence electrons. The van der Waals surface area contributed by atoms with Crippen LogP contribution in [0, 0.1) is 0 Å². The van der Waals surface area contributed by atoms with Gasteiger partial charge < -0.3 is 29.7 Å². The number of amides is 1. The molecule has 3 aromatic rings. The van der Waals surface area contributed by atoms with Gasteiger partial charge >= 0.3 is 11.9 Å². The number of primary amides is 1. The van der Waals surface area contributed by atoms with Crippen molar-refractivity contribution in [2.24, 2.45) is 5.73 Å². The first kappa shape index (κ1) is 22.3. The van der Waals surface area contributed by atoms with Crippen LogP contribution >= 0.6 is 0 Å². The van der Waals surface area contributed by atoms with Crippen LogP contribution in [0.15, 0.2) is 51.8 Å². The van der Waals surface area contributed by atoms with E-state index in [1.807, 2.05) is 0 Å². The van der Waals surface area contributed by atoms with E-state index in [2.05, 4.69) is 14.5 Å². The van der Waals surface area contributed by atoms with Crippen LogP contribution in [0.3, 0.4) is 0 Å². The first-order valence-corrected chi connectivity index (χ1v) is 9.36. The lowest BCUT2D eigenvalue weighted by atomic mass is 9.92. The van der Waals surface area contributed by atoms with Crippen LogP contribution in [0.25, 0.3) is 11.3 Å². The number of carbonyl (C=O) groups excluding carboxylic acids is 3. The van der Waals surface area contributed by atoms with Crippen molar-refractivity contribution in [2.45, 2.75) is 12.3 Å². The molecule has 3 rings (SSSR count). The Morgan fingerprint density at radius 2 is 1.72 bits per heavy atom. The van der Waals surface area contributed by atoms with E-state index in [0.717, 1.165) is 13.3 Å². The lowest BCUT2D eigenvalue weighted by molar-refractivity contribution is -0.118. The first-order chi connectivity index (χ1) is 15.3. The molecule has 0 radical (unpaired) electrons. The van der Waals surface area contributed by atoms with Gasteiger partial charge in [0.1, 0.15) is 22.8 Å². The molecule has 0 aliphatic heterocycles. The number of carbonyl (C=O) groups is 3. The minimum atomic E-state index is -1.07. The summed E-state index contributed by atoms with van der Waals surface area (Å²) in [5, 5.41) is 10.6. The van der Waals surface area contributed by atoms with Gasteiger partial charge in [-0.15, -0.1) is 0 Å². The number of rotatable bonds is 7. The molecule has 1 atom stereocenters. The average Bonchev–Trinajstić information content (AvgIpc) is 3.27. The van der Waals surface area contributed by atoms with Crippen molar-refractivity contribution in [1.82, 2.24) is 4.98 Å². The maximum atomic E-state index is 12.5. The lowest BCUT2D eigenvalue weighted by Crippen LogP contribution is -2.23. The predicted octanol–water partition coefficient (Wildman–Crippen LogP) is 1.92. The van der Waals surface area contributed by atoms with Gasteiger partial charge in [0, 0.05) is 18.2 Å². The third-order valence-electron chi connectivity index (χ3n) is 4.82. The topological polar surface area (TPSA) is 162 Å². The summed E-state index contributed by atoms with van der Waals surface area (Å²) >= 11 is 0. The van der Waals surface area contributed by atoms with Gasteiger partial charge in [0.15, 0.2) is 0 Å². The number of nitrogens with one attached hydrogen (secondary N) is 1. The van der Waals surface area contributed by atoms with E-state index in [0.29, 0.717) is 16.9 Å². The minimum absolute atomic E-state index is 0.165. The van der Waals surface area contributed by atoms with E-state index in [-0.39, 0.29) is 23.3 Å². The number of H-pyrrole nitrogens is 1.